The van der Waals surface area contributed by atoms with Gasteiger partial charge in [-0.1, -0.05) is 13.3 Å². The van der Waals surface area contributed by atoms with Crippen LogP contribution in [0.4, 0.5) is 0 Å². The predicted octanol–water partition coefficient (Wildman–Crippen LogP) is 1.45. The Hall–Kier alpha value is -1.99. The molecule has 2 atom stereocenters. The molecule has 7 nitrogen and oxygen atoms in total. The first-order valence-corrected chi connectivity index (χ1v) is 9.09. The lowest BCUT2D eigenvalue weighted by atomic mass is 9.99. The number of hydrogen-bond acceptors (Lipinski definition) is 5. The highest BCUT2D eigenvalue weighted by Crippen LogP contribution is 2.27. The lowest BCUT2D eigenvalue weighted by Gasteiger charge is -2.34. The van der Waals surface area contributed by atoms with Gasteiger partial charge in [0.05, 0.1) is 18.8 Å². The first kappa shape index (κ1) is 16.5. The van der Waals surface area contributed by atoms with E-state index >= 15 is 0 Å². The molecule has 1 amide bonds. The second-order valence-corrected chi connectivity index (χ2v) is 7.04. The molecule has 0 aromatic carbocycles. The van der Waals surface area contributed by atoms with Crippen molar-refractivity contribution in [3.8, 4) is 0 Å². The number of carbonyl (C=O) groups is 1. The number of carbonyl (C=O) groups excluding carboxylic acids is 1. The Kier molecular flexibility index (Phi) is 4.43. The maximum Gasteiger partial charge on any atom is 0.255 e. The van der Waals surface area contributed by atoms with E-state index in [0.29, 0.717) is 23.2 Å². The molecule has 0 aliphatic carbocycles. The number of fused-ring (bicyclic) bond motifs is 1. The van der Waals surface area contributed by atoms with Gasteiger partial charge in [-0.05, 0) is 18.9 Å². The summed E-state index contributed by atoms with van der Waals surface area (Å²) in [7, 11) is 0. The molecule has 0 unspecified atom stereocenters. The molecule has 2 aromatic heterocycles. The van der Waals surface area contributed by atoms with Gasteiger partial charge in [0.1, 0.15) is 0 Å². The molecule has 1 N–H and O–H groups in total. The van der Waals surface area contributed by atoms with Crippen molar-refractivity contribution in [2.45, 2.75) is 26.3 Å². The van der Waals surface area contributed by atoms with Gasteiger partial charge in [0.15, 0.2) is 5.65 Å². The second kappa shape index (κ2) is 6.72. The van der Waals surface area contributed by atoms with Crippen LogP contribution in [-0.2, 0) is 4.74 Å². The maximum atomic E-state index is 13.0. The van der Waals surface area contributed by atoms with Crippen molar-refractivity contribution >= 4 is 16.9 Å². The minimum absolute atomic E-state index is 0.0733. The van der Waals surface area contributed by atoms with E-state index < -0.39 is 0 Å². The Morgan fingerprint density at radius 3 is 2.92 bits per heavy atom. The molecule has 2 fully saturated rings. The van der Waals surface area contributed by atoms with Gasteiger partial charge in [-0.2, -0.15) is 5.10 Å². The Morgan fingerprint density at radius 2 is 2.16 bits per heavy atom. The molecule has 0 radical (unpaired) electrons. The minimum atomic E-state index is 0.0733. The van der Waals surface area contributed by atoms with Gasteiger partial charge in [0, 0.05) is 49.5 Å². The summed E-state index contributed by atoms with van der Waals surface area (Å²) in [4.78, 5) is 21.8. The molecule has 2 saturated heterocycles. The summed E-state index contributed by atoms with van der Waals surface area (Å²) in [5, 5.41) is 7.98. The summed E-state index contributed by atoms with van der Waals surface area (Å²) in [5.74, 6) is 0.596. The standard InChI is InChI=1S/C18H25N5O2/c1-3-13-10-23(11-16(13)22-4-6-25-7-5-22)18(24)14-8-15-12(2)20-21-17(15)19-9-14/h8-9,13,16H,3-7,10-11H2,1-2H3,(H,19,20,21)/t13-,16+/m0/s1. The molecule has 7 heteroatoms. The number of aryl methyl sites for hydroxylation is 1. The summed E-state index contributed by atoms with van der Waals surface area (Å²) < 4.78 is 5.48. The summed E-state index contributed by atoms with van der Waals surface area (Å²) in [5.41, 5.74) is 2.25. The van der Waals surface area contributed by atoms with Gasteiger partial charge in [-0.25, -0.2) is 4.98 Å². The monoisotopic (exact) mass is 343 g/mol. The summed E-state index contributed by atoms with van der Waals surface area (Å²) in [6, 6.07) is 2.34. The van der Waals surface area contributed by atoms with Crippen LogP contribution in [0.25, 0.3) is 11.0 Å². The number of amides is 1. The van der Waals surface area contributed by atoms with Crippen molar-refractivity contribution in [1.82, 2.24) is 25.0 Å². The van der Waals surface area contributed by atoms with Crippen LogP contribution in [0, 0.1) is 12.8 Å². The Balaban J connectivity index is 1.53. The number of aromatic nitrogens is 3. The van der Waals surface area contributed by atoms with E-state index in [1.165, 1.54) is 0 Å². The van der Waals surface area contributed by atoms with Crippen molar-refractivity contribution in [3.05, 3.63) is 23.5 Å². The van der Waals surface area contributed by atoms with Gasteiger partial charge in [0.2, 0.25) is 0 Å². The molecule has 4 rings (SSSR count). The van der Waals surface area contributed by atoms with E-state index in [0.717, 1.165) is 56.9 Å². The topological polar surface area (TPSA) is 74.4 Å². The van der Waals surface area contributed by atoms with Crippen molar-refractivity contribution in [1.29, 1.82) is 0 Å². The molecule has 2 aliphatic heterocycles. The molecule has 25 heavy (non-hydrogen) atoms. The molecular formula is C18H25N5O2. The third kappa shape index (κ3) is 3.02. The van der Waals surface area contributed by atoms with Gasteiger partial charge in [-0.15, -0.1) is 0 Å². The number of rotatable bonds is 3. The fraction of sp³-hybridized carbons (Fsp3) is 0.611. The van der Waals surface area contributed by atoms with Crippen molar-refractivity contribution < 1.29 is 9.53 Å². The quantitative estimate of drug-likeness (QED) is 0.913. The highest BCUT2D eigenvalue weighted by atomic mass is 16.5. The van der Waals surface area contributed by atoms with Crippen LogP contribution in [0.15, 0.2) is 12.3 Å². The average molecular weight is 343 g/mol. The zero-order chi connectivity index (χ0) is 17.4. The van der Waals surface area contributed by atoms with E-state index in [1.54, 1.807) is 6.20 Å². The van der Waals surface area contributed by atoms with E-state index in [9.17, 15) is 4.79 Å². The van der Waals surface area contributed by atoms with Gasteiger partial charge in [0.25, 0.3) is 5.91 Å². The Bertz CT molecular complexity index is 768. The van der Waals surface area contributed by atoms with Crippen molar-refractivity contribution in [2.75, 3.05) is 39.4 Å². The minimum Gasteiger partial charge on any atom is -0.379 e. The average Bonchev–Trinajstić information content (AvgIpc) is 3.25. The SMILES string of the molecule is CC[C@H]1CN(C(=O)c2cnc3n[nH]c(C)c3c2)C[C@H]1N1CCOCC1. The number of likely N-dealkylation sites (tertiary alicyclic amines) is 1. The van der Waals surface area contributed by atoms with E-state index in [1.807, 2.05) is 17.9 Å². The zero-order valence-electron chi connectivity index (χ0n) is 14.9. The number of ether oxygens (including phenoxy) is 1. The van der Waals surface area contributed by atoms with E-state index in [2.05, 4.69) is 27.0 Å². The zero-order valence-corrected chi connectivity index (χ0v) is 14.9. The van der Waals surface area contributed by atoms with Crippen LogP contribution >= 0.6 is 0 Å². The number of nitrogens with zero attached hydrogens (tertiary/aromatic N) is 4. The van der Waals surface area contributed by atoms with Gasteiger partial charge < -0.3 is 9.64 Å². The third-order valence-corrected chi connectivity index (χ3v) is 5.58. The van der Waals surface area contributed by atoms with Crippen molar-refractivity contribution in [3.63, 3.8) is 0 Å². The van der Waals surface area contributed by atoms with Crippen LogP contribution in [0.5, 0.6) is 0 Å². The smallest absolute Gasteiger partial charge is 0.255 e. The number of pyridine rings is 1. The number of morpholine rings is 1. The molecule has 134 valence electrons. The summed E-state index contributed by atoms with van der Waals surface area (Å²) in [6.07, 6.45) is 2.73. The van der Waals surface area contributed by atoms with Crippen LogP contribution in [0.3, 0.4) is 0 Å². The first-order chi connectivity index (χ1) is 12.2. The molecule has 0 spiro atoms. The molecule has 4 heterocycles. The number of H-pyrrole nitrogens is 1. The number of hydrogen-bond donors (Lipinski definition) is 1. The van der Waals surface area contributed by atoms with Crippen LogP contribution in [0.1, 0.15) is 29.4 Å². The lowest BCUT2D eigenvalue weighted by Crippen LogP contribution is -2.47. The summed E-state index contributed by atoms with van der Waals surface area (Å²) in [6.45, 7) is 9.29. The lowest BCUT2D eigenvalue weighted by molar-refractivity contribution is 0.0103. The Labute approximate surface area is 147 Å². The van der Waals surface area contributed by atoms with E-state index in [-0.39, 0.29) is 5.91 Å². The van der Waals surface area contributed by atoms with E-state index in [4.69, 9.17) is 4.74 Å². The Morgan fingerprint density at radius 1 is 1.36 bits per heavy atom. The normalized spacial score (nSPS) is 25.0. The fourth-order valence-corrected chi connectivity index (χ4v) is 4.06. The highest BCUT2D eigenvalue weighted by molar-refractivity contribution is 5.97. The first-order valence-electron chi connectivity index (χ1n) is 9.09. The molecule has 2 aliphatic rings. The second-order valence-electron chi connectivity index (χ2n) is 7.04. The predicted molar refractivity (Wildman–Crippen MR) is 94.5 cm³/mol. The van der Waals surface area contributed by atoms with Gasteiger partial charge in [-0.3, -0.25) is 14.8 Å². The molecule has 2 aromatic rings. The highest BCUT2D eigenvalue weighted by Gasteiger charge is 2.38. The number of nitrogens with one attached hydrogen (secondary N) is 1. The van der Waals surface area contributed by atoms with Crippen LogP contribution in [-0.4, -0.2) is 76.3 Å². The van der Waals surface area contributed by atoms with Crippen LogP contribution < -0.4 is 0 Å². The molecule has 0 saturated carbocycles. The summed E-state index contributed by atoms with van der Waals surface area (Å²) >= 11 is 0. The fourth-order valence-electron chi connectivity index (χ4n) is 4.06. The third-order valence-electron chi connectivity index (χ3n) is 5.58. The maximum absolute atomic E-state index is 13.0. The number of aromatic amines is 1. The van der Waals surface area contributed by atoms with Crippen LogP contribution in [0.2, 0.25) is 0 Å². The molecule has 0 bridgehead atoms. The molecular weight excluding hydrogens is 318 g/mol. The van der Waals surface area contributed by atoms with Crippen molar-refractivity contribution in [2.24, 2.45) is 5.92 Å². The van der Waals surface area contributed by atoms with Gasteiger partial charge >= 0.3 is 0 Å². The largest absolute Gasteiger partial charge is 0.379 e.